The molecule has 0 amide bonds. The molecule has 8 rings (SSSR count). The number of rotatable bonds is 2. The van der Waals surface area contributed by atoms with Crippen LogP contribution in [-0.4, -0.2) is 9.97 Å². The molecular weight excluding hydrogens is 576 g/mol. The molecule has 0 bridgehead atoms. The van der Waals surface area contributed by atoms with Crippen molar-refractivity contribution in [1.29, 1.82) is 0 Å². The number of benzene rings is 6. The molecule has 0 aliphatic heterocycles. The van der Waals surface area contributed by atoms with Crippen molar-refractivity contribution in [3.63, 3.8) is 0 Å². The van der Waals surface area contributed by atoms with Gasteiger partial charge >= 0.3 is 0 Å². The highest BCUT2D eigenvalue weighted by atomic mass is 79.9. The molecule has 8 aromatic rings. The fraction of sp³-hybridized carbons (Fsp3) is 0.0256. The molecule has 2 nitrogen and oxygen atoms in total. The number of hydrogen-bond donors (Lipinski definition) is 0. The summed E-state index contributed by atoms with van der Waals surface area (Å²) in [5.41, 5.74) is 10.4. The van der Waals surface area contributed by atoms with E-state index in [1.165, 1.54) is 49.4 Å². The topological polar surface area (TPSA) is 25.8 Å². The quantitative estimate of drug-likeness (QED) is 0.184. The Balaban J connectivity index is 0.000000137. The molecular formula is C39H27BrN2. The zero-order valence-electron chi connectivity index (χ0n) is 23.1. The smallest absolute Gasteiger partial charge is 0.0715 e. The Bertz CT molecular complexity index is 2110. The fourth-order valence-corrected chi connectivity index (χ4v) is 5.98. The number of aryl methyl sites for hydroxylation is 1. The number of hydrogen-bond acceptors (Lipinski definition) is 2. The summed E-state index contributed by atoms with van der Waals surface area (Å²) in [6.45, 7) is 2.13. The molecule has 3 heteroatoms. The van der Waals surface area contributed by atoms with Crippen molar-refractivity contribution < 1.29 is 0 Å². The first-order valence-electron chi connectivity index (χ1n) is 14.0. The lowest BCUT2D eigenvalue weighted by Gasteiger charge is -2.11. The minimum atomic E-state index is 1.04. The Labute approximate surface area is 253 Å². The van der Waals surface area contributed by atoms with Gasteiger partial charge in [-0.05, 0) is 54.4 Å². The molecule has 200 valence electrons. The van der Waals surface area contributed by atoms with Gasteiger partial charge in [0, 0.05) is 37.1 Å². The Morgan fingerprint density at radius 3 is 1.24 bits per heavy atom. The highest BCUT2D eigenvalue weighted by Crippen LogP contribution is 2.36. The molecule has 0 spiro atoms. The summed E-state index contributed by atoms with van der Waals surface area (Å²) in [5, 5.41) is 4.81. The van der Waals surface area contributed by atoms with E-state index >= 15 is 0 Å². The lowest BCUT2D eigenvalue weighted by Crippen LogP contribution is -1.89. The summed E-state index contributed by atoms with van der Waals surface area (Å²) in [7, 11) is 0. The zero-order valence-corrected chi connectivity index (χ0v) is 24.7. The first kappa shape index (κ1) is 26.1. The molecule has 42 heavy (non-hydrogen) atoms. The maximum atomic E-state index is 4.79. The standard InChI is InChI=1S/C20H15N.C19H12BrN/c1-14-7-6-8-15(13-14)20-16-9-2-4-11-18(16)21-19-12-5-3-10-17(19)20;20-14-11-9-13(10-12-14)19-15-5-1-3-7-17(15)21-18-8-4-2-6-16(18)19/h2-13H,1H3;1-12H. The van der Waals surface area contributed by atoms with Crippen molar-refractivity contribution >= 4 is 59.5 Å². The van der Waals surface area contributed by atoms with E-state index in [4.69, 9.17) is 9.97 Å². The average molecular weight is 604 g/mol. The summed E-state index contributed by atoms with van der Waals surface area (Å²) in [6, 6.07) is 50.5. The van der Waals surface area contributed by atoms with Crippen LogP contribution < -0.4 is 0 Å². The van der Waals surface area contributed by atoms with Crippen molar-refractivity contribution in [3.8, 4) is 22.3 Å². The summed E-state index contributed by atoms with van der Waals surface area (Å²) in [5.74, 6) is 0. The minimum Gasteiger partial charge on any atom is -0.248 e. The van der Waals surface area contributed by atoms with Gasteiger partial charge in [0.2, 0.25) is 0 Å². The maximum Gasteiger partial charge on any atom is 0.0715 e. The predicted octanol–water partition coefficient (Wildman–Crippen LogP) is 11.2. The van der Waals surface area contributed by atoms with Crippen LogP contribution in [-0.2, 0) is 0 Å². The summed E-state index contributed by atoms with van der Waals surface area (Å²) < 4.78 is 1.09. The number of halogens is 1. The van der Waals surface area contributed by atoms with E-state index in [0.29, 0.717) is 0 Å². The SMILES string of the molecule is Brc1ccc(-c2c3ccccc3nc3ccccc23)cc1.Cc1cccc(-c2c3ccccc3nc3ccccc23)c1. The van der Waals surface area contributed by atoms with E-state index in [2.05, 4.69) is 144 Å². The molecule has 2 aromatic heterocycles. The molecule has 0 N–H and O–H groups in total. The Hall–Kier alpha value is -4.86. The van der Waals surface area contributed by atoms with Crippen LogP contribution in [0.1, 0.15) is 5.56 Å². The van der Waals surface area contributed by atoms with Gasteiger partial charge in [-0.3, -0.25) is 0 Å². The van der Waals surface area contributed by atoms with Gasteiger partial charge in [0.05, 0.1) is 22.1 Å². The van der Waals surface area contributed by atoms with E-state index in [-0.39, 0.29) is 0 Å². The first-order chi connectivity index (χ1) is 20.7. The zero-order chi connectivity index (χ0) is 28.5. The number of aromatic nitrogens is 2. The van der Waals surface area contributed by atoms with E-state index in [0.717, 1.165) is 26.5 Å². The highest BCUT2D eigenvalue weighted by Gasteiger charge is 2.11. The second kappa shape index (κ2) is 11.2. The normalized spacial score (nSPS) is 11.1. The molecule has 0 saturated heterocycles. The van der Waals surface area contributed by atoms with Crippen molar-refractivity contribution in [1.82, 2.24) is 9.97 Å². The van der Waals surface area contributed by atoms with Gasteiger partial charge < -0.3 is 0 Å². The van der Waals surface area contributed by atoms with Crippen LogP contribution >= 0.6 is 15.9 Å². The monoisotopic (exact) mass is 602 g/mol. The van der Waals surface area contributed by atoms with E-state index in [1.807, 2.05) is 24.3 Å². The number of para-hydroxylation sites is 4. The molecule has 0 unspecified atom stereocenters. The van der Waals surface area contributed by atoms with E-state index in [9.17, 15) is 0 Å². The third-order valence-electron chi connectivity index (χ3n) is 7.62. The van der Waals surface area contributed by atoms with Gasteiger partial charge in [0.25, 0.3) is 0 Å². The summed E-state index contributed by atoms with van der Waals surface area (Å²) in [4.78, 5) is 9.56. The number of pyridine rings is 2. The largest absolute Gasteiger partial charge is 0.248 e. The lowest BCUT2D eigenvalue weighted by atomic mass is 9.95. The van der Waals surface area contributed by atoms with Crippen molar-refractivity contribution in [2.45, 2.75) is 6.92 Å². The van der Waals surface area contributed by atoms with Gasteiger partial charge in [-0.15, -0.1) is 0 Å². The van der Waals surface area contributed by atoms with Gasteiger partial charge in [-0.2, -0.15) is 0 Å². The van der Waals surface area contributed by atoms with Crippen LogP contribution in [0.4, 0.5) is 0 Å². The van der Waals surface area contributed by atoms with Crippen LogP contribution in [0.2, 0.25) is 0 Å². The highest BCUT2D eigenvalue weighted by molar-refractivity contribution is 9.10. The molecule has 0 aliphatic carbocycles. The molecule has 0 saturated carbocycles. The van der Waals surface area contributed by atoms with E-state index in [1.54, 1.807) is 0 Å². The number of nitrogens with zero attached hydrogens (tertiary/aromatic N) is 2. The molecule has 2 heterocycles. The lowest BCUT2D eigenvalue weighted by molar-refractivity contribution is 1.46. The van der Waals surface area contributed by atoms with Crippen LogP contribution in [0, 0.1) is 6.92 Å². The van der Waals surface area contributed by atoms with Crippen LogP contribution in [0.25, 0.3) is 65.9 Å². The molecule has 0 aliphatic rings. The average Bonchev–Trinajstić information content (AvgIpc) is 3.03. The molecule has 0 fully saturated rings. The van der Waals surface area contributed by atoms with Crippen molar-refractivity contribution in [2.24, 2.45) is 0 Å². The Morgan fingerprint density at radius 2 is 0.810 bits per heavy atom. The fourth-order valence-electron chi connectivity index (χ4n) is 5.72. The first-order valence-corrected chi connectivity index (χ1v) is 14.8. The van der Waals surface area contributed by atoms with Crippen LogP contribution in [0.15, 0.2) is 150 Å². The second-order valence-corrected chi connectivity index (χ2v) is 11.3. The summed E-state index contributed by atoms with van der Waals surface area (Å²) >= 11 is 3.51. The van der Waals surface area contributed by atoms with Crippen molar-refractivity contribution in [3.05, 3.63) is 156 Å². The van der Waals surface area contributed by atoms with Gasteiger partial charge in [0.1, 0.15) is 0 Å². The predicted molar refractivity (Wildman–Crippen MR) is 182 cm³/mol. The van der Waals surface area contributed by atoms with Gasteiger partial charge in [0.15, 0.2) is 0 Å². The minimum absolute atomic E-state index is 1.04. The van der Waals surface area contributed by atoms with Crippen molar-refractivity contribution in [2.75, 3.05) is 0 Å². The second-order valence-electron chi connectivity index (χ2n) is 10.4. The Kier molecular flexibility index (Phi) is 6.95. The van der Waals surface area contributed by atoms with Gasteiger partial charge in [-0.1, -0.05) is 131 Å². The van der Waals surface area contributed by atoms with Gasteiger partial charge in [-0.25, -0.2) is 9.97 Å². The third-order valence-corrected chi connectivity index (χ3v) is 8.14. The van der Waals surface area contributed by atoms with Crippen LogP contribution in [0.3, 0.4) is 0 Å². The van der Waals surface area contributed by atoms with E-state index < -0.39 is 0 Å². The van der Waals surface area contributed by atoms with Crippen LogP contribution in [0.5, 0.6) is 0 Å². The molecule has 0 radical (unpaired) electrons. The number of fused-ring (bicyclic) bond motifs is 4. The maximum absolute atomic E-state index is 4.79. The summed E-state index contributed by atoms with van der Waals surface area (Å²) in [6.07, 6.45) is 0. The molecule has 6 aromatic carbocycles. The third kappa shape index (κ3) is 4.93. The molecule has 0 atom stereocenters. The Morgan fingerprint density at radius 1 is 0.405 bits per heavy atom.